The maximum atomic E-state index is 13.1. The van der Waals surface area contributed by atoms with Crippen LogP contribution in [0.5, 0.6) is 0 Å². The minimum atomic E-state index is -0.923. The summed E-state index contributed by atoms with van der Waals surface area (Å²) in [4.78, 5) is 24.7. The molecule has 4 aromatic carbocycles. The highest BCUT2D eigenvalue weighted by atomic mass is 31.1. The lowest BCUT2D eigenvalue weighted by molar-refractivity contribution is -0.109. The van der Waals surface area contributed by atoms with Gasteiger partial charge >= 0.3 is 5.97 Å². The van der Waals surface area contributed by atoms with Crippen molar-refractivity contribution < 1.29 is 14.3 Å². The number of esters is 1. The molecule has 1 unspecified atom stereocenters. The predicted molar refractivity (Wildman–Crippen MR) is 135 cm³/mol. The Morgan fingerprint density at radius 3 is 1.82 bits per heavy atom. The molecule has 4 heteroatoms. The SMILES string of the molecule is O=CC(CCOC(=O)c1ccccc1P(c1ccccc1)c1ccccc1)c1ccccc1. The van der Waals surface area contributed by atoms with E-state index in [9.17, 15) is 9.59 Å². The van der Waals surface area contributed by atoms with E-state index >= 15 is 0 Å². The number of carbonyl (C=O) groups excluding carboxylic acids is 2. The monoisotopic (exact) mass is 452 g/mol. The van der Waals surface area contributed by atoms with Crippen LogP contribution in [0.3, 0.4) is 0 Å². The molecule has 0 aromatic heterocycles. The highest BCUT2D eigenvalue weighted by molar-refractivity contribution is 7.80. The van der Waals surface area contributed by atoms with E-state index in [1.54, 1.807) is 0 Å². The van der Waals surface area contributed by atoms with E-state index in [1.165, 1.54) is 10.6 Å². The minimum Gasteiger partial charge on any atom is -0.462 e. The van der Waals surface area contributed by atoms with Gasteiger partial charge in [-0.2, -0.15) is 0 Å². The van der Waals surface area contributed by atoms with Gasteiger partial charge in [0, 0.05) is 5.92 Å². The van der Waals surface area contributed by atoms with Crippen LogP contribution in [0.1, 0.15) is 28.3 Å². The molecule has 0 radical (unpaired) electrons. The first-order valence-corrected chi connectivity index (χ1v) is 12.3. The Morgan fingerprint density at radius 2 is 1.24 bits per heavy atom. The van der Waals surface area contributed by atoms with E-state index < -0.39 is 7.92 Å². The molecule has 4 aromatic rings. The molecular formula is C29H25O3P. The average molecular weight is 452 g/mol. The van der Waals surface area contributed by atoms with Crippen molar-refractivity contribution in [2.24, 2.45) is 0 Å². The first kappa shape index (κ1) is 22.6. The van der Waals surface area contributed by atoms with Gasteiger partial charge in [0.1, 0.15) is 6.29 Å². The second kappa shape index (κ2) is 11.4. The lowest BCUT2D eigenvalue weighted by Gasteiger charge is -2.21. The van der Waals surface area contributed by atoms with Crippen molar-refractivity contribution in [2.75, 3.05) is 6.61 Å². The van der Waals surface area contributed by atoms with Gasteiger partial charge in [0.2, 0.25) is 0 Å². The molecule has 0 heterocycles. The molecule has 0 bridgehead atoms. The Balaban J connectivity index is 1.57. The molecule has 0 aliphatic heterocycles. The fraction of sp³-hybridized carbons (Fsp3) is 0.103. The van der Waals surface area contributed by atoms with E-state index in [0.717, 1.165) is 17.2 Å². The minimum absolute atomic E-state index is 0.181. The fourth-order valence-corrected chi connectivity index (χ4v) is 6.23. The smallest absolute Gasteiger partial charge is 0.338 e. The number of aldehydes is 1. The molecule has 0 saturated carbocycles. The van der Waals surface area contributed by atoms with E-state index in [1.807, 2.05) is 91.0 Å². The van der Waals surface area contributed by atoms with Crippen molar-refractivity contribution >= 4 is 36.1 Å². The van der Waals surface area contributed by atoms with Crippen LogP contribution in [0.15, 0.2) is 115 Å². The molecule has 1 atom stereocenters. The van der Waals surface area contributed by atoms with Gasteiger partial charge in [-0.05, 0) is 41.9 Å². The van der Waals surface area contributed by atoms with Crippen LogP contribution in [-0.2, 0) is 9.53 Å². The van der Waals surface area contributed by atoms with Crippen molar-refractivity contribution in [3.05, 3.63) is 126 Å². The standard InChI is InChI=1S/C29H25O3P/c30-22-24(23-12-4-1-5-13-23)20-21-32-29(31)27-18-10-11-19-28(27)33(25-14-6-2-7-15-25)26-16-8-3-9-17-26/h1-19,22,24H,20-21H2. The predicted octanol–water partition coefficient (Wildman–Crippen LogP) is 4.97. The maximum absolute atomic E-state index is 13.1. The number of benzene rings is 4. The fourth-order valence-electron chi connectivity index (χ4n) is 3.79. The zero-order chi connectivity index (χ0) is 22.9. The molecule has 0 saturated heterocycles. The molecule has 0 aliphatic rings. The second-order valence-corrected chi connectivity index (χ2v) is 9.79. The van der Waals surface area contributed by atoms with Crippen molar-refractivity contribution in [3.63, 3.8) is 0 Å². The lowest BCUT2D eigenvalue weighted by Crippen LogP contribution is -2.26. The van der Waals surface area contributed by atoms with Crippen LogP contribution in [0.4, 0.5) is 0 Å². The molecular weight excluding hydrogens is 427 g/mol. The molecule has 0 aliphatic carbocycles. The topological polar surface area (TPSA) is 43.4 Å². The molecule has 0 spiro atoms. The van der Waals surface area contributed by atoms with Gasteiger partial charge in [0.25, 0.3) is 0 Å². The number of hydrogen-bond donors (Lipinski definition) is 0. The van der Waals surface area contributed by atoms with Gasteiger partial charge in [0.15, 0.2) is 0 Å². The first-order valence-electron chi connectivity index (χ1n) is 10.9. The van der Waals surface area contributed by atoms with Gasteiger partial charge in [-0.3, -0.25) is 0 Å². The number of rotatable bonds is 9. The molecule has 3 nitrogen and oxygen atoms in total. The highest BCUT2D eigenvalue weighted by Crippen LogP contribution is 2.34. The summed E-state index contributed by atoms with van der Waals surface area (Å²) in [5.74, 6) is -0.650. The second-order valence-electron chi connectivity index (χ2n) is 7.60. The number of ether oxygens (including phenoxy) is 1. The maximum Gasteiger partial charge on any atom is 0.338 e. The van der Waals surface area contributed by atoms with Crippen molar-refractivity contribution in [1.82, 2.24) is 0 Å². The van der Waals surface area contributed by atoms with Crippen LogP contribution < -0.4 is 15.9 Å². The summed E-state index contributed by atoms with van der Waals surface area (Å²) in [6.07, 6.45) is 1.37. The molecule has 4 rings (SSSR count). The van der Waals surface area contributed by atoms with Gasteiger partial charge in [-0.15, -0.1) is 0 Å². The Labute approximate surface area is 195 Å². The first-order chi connectivity index (χ1) is 16.3. The summed E-state index contributed by atoms with van der Waals surface area (Å²) in [7, 11) is -0.923. The third-order valence-electron chi connectivity index (χ3n) is 5.45. The molecule has 0 N–H and O–H groups in total. The van der Waals surface area contributed by atoms with Crippen LogP contribution in [0, 0.1) is 0 Å². The van der Waals surface area contributed by atoms with Gasteiger partial charge in [0.05, 0.1) is 12.2 Å². The third kappa shape index (κ3) is 5.63. The van der Waals surface area contributed by atoms with E-state index in [-0.39, 0.29) is 18.5 Å². The summed E-state index contributed by atoms with van der Waals surface area (Å²) in [6, 6.07) is 37.8. The van der Waals surface area contributed by atoms with Crippen LogP contribution in [-0.4, -0.2) is 18.9 Å². The number of hydrogen-bond acceptors (Lipinski definition) is 3. The van der Waals surface area contributed by atoms with Crippen LogP contribution >= 0.6 is 7.92 Å². The zero-order valence-corrected chi connectivity index (χ0v) is 19.1. The molecule has 0 fully saturated rings. The Morgan fingerprint density at radius 1 is 0.727 bits per heavy atom. The molecule has 164 valence electrons. The van der Waals surface area contributed by atoms with Gasteiger partial charge in [-0.25, -0.2) is 4.79 Å². The highest BCUT2D eigenvalue weighted by Gasteiger charge is 2.23. The summed E-state index contributed by atoms with van der Waals surface area (Å²) < 4.78 is 5.66. The van der Waals surface area contributed by atoms with E-state index in [4.69, 9.17) is 4.74 Å². The Bertz CT molecular complexity index is 1140. The van der Waals surface area contributed by atoms with E-state index in [2.05, 4.69) is 24.3 Å². The largest absolute Gasteiger partial charge is 0.462 e. The van der Waals surface area contributed by atoms with Gasteiger partial charge in [-0.1, -0.05) is 109 Å². The number of carbonyl (C=O) groups is 2. The summed E-state index contributed by atoms with van der Waals surface area (Å²) in [5, 5.41) is 3.30. The Hall–Kier alpha value is -3.55. The molecule has 0 amide bonds. The lowest BCUT2D eigenvalue weighted by atomic mass is 9.98. The van der Waals surface area contributed by atoms with Gasteiger partial charge < -0.3 is 9.53 Å². The van der Waals surface area contributed by atoms with Crippen LogP contribution in [0.2, 0.25) is 0 Å². The van der Waals surface area contributed by atoms with Crippen molar-refractivity contribution in [1.29, 1.82) is 0 Å². The van der Waals surface area contributed by atoms with Crippen molar-refractivity contribution in [2.45, 2.75) is 12.3 Å². The Kier molecular flexibility index (Phi) is 7.79. The quantitative estimate of drug-likeness (QED) is 0.205. The van der Waals surface area contributed by atoms with Crippen LogP contribution in [0.25, 0.3) is 0 Å². The van der Waals surface area contributed by atoms with Crippen molar-refractivity contribution in [3.8, 4) is 0 Å². The van der Waals surface area contributed by atoms with E-state index in [0.29, 0.717) is 12.0 Å². The average Bonchev–Trinajstić information content (AvgIpc) is 2.89. The third-order valence-corrected chi connectivity index (χ3v) is 7.95. The molecule has 33 heavy (non-hydrogen) atoms. The summed E-state index contributed by atoms with van der Waals surface area (Å²) >= 11 is 0. The summed E-state index contributed by atoms with van der Waals surface area (Å²) in [6.45, 7) is 0.181. The normalized spacial score (nSPS) is 11.7. The summed E-state index contributed by atoms with van der Waals surface area (Å²) in [5.41, 5.74) is 1.50. The zero-order valence-electron chi connectivity index (χ0n) is 18.2.